The van der Waals surface area contributed by atoms with E-state index in [9.17, 15) is 4.79 Å². The second-order valence-corrected chi connectivity index (χ2v) is 5.33. The maximum absolute atomic E-state index is 11.9. The smallest absolute Gasteiger partial charge is 0.239 e. The van der Waals surface area contributed by atoms with Crippen molar-refractivity contribution in [3.63, 3.8) is 0 Å². The van der Waals surface area contributed by atoms with Gasteiger partial charge < -0.3 is 4.90 Å². The summed E-state index contributed by atoms with van der Waals surface area (Å²) in [6.45, 7) is 7.79. The summed E-state index contributed by atoms with van der Waals surface area (Å²) >= 11 is 0. The Morgan fingerprint density at radius 3 is 2.58 bits per heavy atom. The van der Waals surface area contributed by atoms with Crippen LogP contribution in [0.1, 0.15) is 31.5 Å². The Kier molecular flexibility index (Phi) is 5.54. The van der Waals surface area contributed by atoms with E-state index in [0.29, 0.717) is 0 Å². The number of carbonyl (C=O) groups is 1. The first-order valence-electron chi connectivity index (χ1n) is 6.81. The Morgan fingerprint density at radius 2 is 2.05 bits per heavy atom. The summed E-state index contributed by atoms with van der Waals surface area (Å²) in [5.41, 5.74) is 2.24. The number of carbonyl (C=O) groups excluding carboxylic acids is 1. The highest BCUT2D eigenvalue weighted by Crippen LogP contribution is 2.11. The van der Waals surface area contributed by atoms with E-state index in [-0.39, 0.29) is 11.9 Å². The van der Waals surface area contributed by atoms with Gasteiger partial charge in [0.2, 0.25) is 5.91 Å². The van der Waals surface area contributed by atoms with E-state index in [0.717, 1.165) is 25.2 Å². The predicted molar refractivity (Wildman–Crippen MR) is 76.9 cm³/mol. The van der Waals surface area contributed by atoms with Gasteiger partial charge in [-0.3, -0.25) is 14.4 Å². The Morgan fingerprint density at radius 1 is 1.42 bits per heavy atom. The average molecular weight is 266 g/mol. The maximum atomic E-state index is 11.9. The van der Waals surface area contributed by atoms with E-state index in [4.69, 9.17) is 0 Å². The average Bonchev–Trinajstić information content (AvgIpc) is 2.68. The number of hydrogen-bond acceptors (Lipinski definition) is 3. The van der Waals surface area contributed by atoms with Crippen LogP contribution in [0.2, 0.25) is 0 Å². The number of amides is 1. The first-order chi connectivity index (χ1) is 8.86. The largest absolute Gasteiger partial charge is 0.347 e. The lowest BCUT2D eigenvalue weighted by Crippen LogP contribution is -2.42. The van der Waals surface area contributed by atoms with E-state index < -0.39 is 0 Å². The summed E-state index contributed by atoms with van der Waals surface area (Å²) in [5.74, 6) is 0.126. The number of likely N-dealkylation sites (N-methyl/N-ethyl adjacent to an activating group) is 2. The molecule has 5 heteroatoms. The number of nitrogens with zero attached hydrogens (tertiary/aromatic N) is 4. The van der Waals surface area contributed by atoms with Gasteiger partial charge in [0.1, 0.15) is 0 Å². The van der Waals surface area contributed by atoms with E-state index in [1.165, 1.54) is 5.56 Å². The van der Waals surface area contributed by atoms with Crippen molar-refractivity contribution in [3.8, 4) is 0 Å². The van der Waals surface area contributed by atoms with Crippen molar-refractivity contribution >= 4 is 5.91 Å². The summed E-state index contributed by atoms with van der Waals surface area (Å²) in [6.07, 6.45) is 3.16. The molecule has 1 aromatic rings. The van der Waals surface area contributed by atoms with Crippen LogP contribution in [0.15, 0.2) is 6.20 Å². The molecule has 0 radical (unpaired) electrons. The SMILES string of the molecule is CCCn1cc(CN(C)[C@@H](C)C(=O)N(C)C)c(C)n1. The first kappa shape index (κ1) is 15.7. The van der Waals surface area contributed by atoms with E-state index in [2.05, 4.69) is 23.1 Å². The highest BCUT2D eigenvalue weighted by Gasteiger charge is 2.20. The minimum Gasteiger partial charge on any atom is -0.347 e. The zero-order chi connectivity index (χ0) is 14.6. The maximum Gasteiger partial charge on any atom is 0.239 e. The molecule has 0 saturated carbocycles. The van der Waals surface area contributed by atoms with Gasteiger partial charge in [-0.2, -0.15) is 5.10 Å². The molecule has 0 spiro atoms. The van der Waals surface area contributed by atoms with Crippen LogP contribution in [0.5, 0.6) is 0 Å². The summed E-state index contributed by atoms with van der Waals surface area (Å²) in [6, 6.07) is -0.121. The van der Waals surface area contributed by atoms with Gasteiger partial charge in [-0.1, -0.05) is 6.92 Å². The summed E-state index contributed by atoms with van der Waals surface area (Å²) in [5, 5.41) is 4.49. The molecule has 0 aliphatic carbocycles. The Labute approximate surface area is 116 Å². The van der Waals surface area contributed by atoms with Crippen LogP contribution < -0.4 is 0 Å². The van der Waals surface area contributed by atoms with Crippen molar-refractivity contribution in [1.82, 2.24) is 19.6 Å². The zero-order valence-electron chi connectivity index (χ0n) is 13.0. The van der Waals surface area contributed by atoms with Gasteiger partial charge >= 0.3 is 0 Å². The molecule has 5 nitrogen and oxygen atoms in total. The van der Waals surface area contributed by atoms with E-state index >= 15 is 0 Å². The molecule has 108 valence electrons. The van der Waals surface area contributed by atoms with Gasteiger partial charge in [-0.25, -0.2) is 0 Å². The lowest BCUT2D eigenvalue weighted by Gasteiger charge is -2.26. The molecule has 0 aromatic carbocycles. The Bertz CT molecular complexity index is 425. The van der Waals surface area contributed by atoms with Crippen molar-refractivity contribution in [3.05, 3.63) is 17.5 Å². The topological polar surface area (TPSA) is 41.4 Å². The van der Waals surface area contributed by atoms with Crippen LogP contribution >= 0.6 is 0 Å². The van der Waals surface area contributed by atoms with Crippen LogP contribution in [0.4, 0.5) is 0 Å². The van der Waals surface area contributed by atoms with Crippen LogP contribution in [-0.4, -0.2) is 52.7 Å². The van der Waals surface area contributed by atoms with Crippen molar-refractivity contribution in [1.29, 1.82) is 0 Å². The molecule has 0 aliphatic rings. The number of aryl methyl sites for hydroxylation is 2. The molecular formula is C14H26N4O. The third-order valence-corrected chi connectivity index (χ3v) is 3.38. The van der Waals surface area contributed by atoms with Crippen molar-refractivity contribution in [2.75, 3.05) is 21.1 Å². The fourth-order valence-electron chi connectivity index (χ4n) is 2.03. The second-order valence-electron chi connectivity index (χ2n) is 5.33. The number of rotatable bonds is 6. The highest BCUT2D eigenvalue weighted by atomic mass is 16.2. The lowest BCUT2D eigenvalue weighted by molar-refractivity contribution is -0.133. The summed E-state index contributed by atoms with van der Waals surface area (Å²) in [7, 11) is 5.55. The second kappa shape index (κ2) is 6.70. The molecule has 19 heavy (non-hydrogen) atoms. The molecule has 0 saturated heterocycles. The first-order valence-corrected chi connectivity index (χ1v) is 6.81. The molecule has 1 rings (SSSR count). The standard InChI is InChI=1S/C14H26N4O/c1-7-8-18-10-13(11(2)15-18)9-17(6)12(3)14(19)16(4)5/h10,12H,7-9H2,1-6H3/t12-/m0/s1. The molecule has 1 heterocycles. The Balaban J connectivity index is 2.71. The number of aromatic nitrogens is 2. The molecule has 1 atom stereocenters. The third-order valence-electron chi connectivity index (χ3n) is 3.38. The normalized spacial score (nSPS) is 12.8. The fraction of sp³-hybridized carbons (Fsp3) is 0.714. The van der Waals surface area contributed by atoms with Crippen molar-refractivity contribution in [2.45, 2.75) is 46.3 Å². The summed E-state index contributed by atoms with van der Waals surface area (Å²) in [4.78, 5) is 15.6. The summed E-state index contributed by atoms with van der Waals surface area (Å²) < 4.78 is 1.98. The van der Waals surface area contributed by atoms with Crippen LogP contribution in [0.3, 0.4) is 0 Å². The van der Waals surface area contributed by atoms with Gasteiger partial charge in [-0.15, -0.1) is 0 Å². The monoisotopic (exact) mass is 266 g/mol. The van der Waals surface area contributed by atoms with Crippen LogP contribution in [-0.2, 0) is 17.9 Å². The lowest BCUT2D eigenvalue weighted by atomic mass is 10.2. The van der Waals surface area contributed by atoms with E-state index in [1.807, 2.05) is 25.6 Å². The van der Waals surface area contributed by atoms with Crippen LogP contribution in [0, 0.1) is 6.92 Å². The Hall–Kier alpha value is -1.36. The van der Waals surface area contributed by atoms with Gasteiger partial charge in [0.25, 0.3) is 0 Å². The molecule has 0 fully saturated rings. The van der Waals surface area contributed by atoms with Gasteiger partial charge in [-0.05, 0) is 27.3 Å². The number of hydrogen-bond donors (Lipinski definition) is 0. The molecule has 0 unspecified atom stereocenters. The van der Waals surface area contributed by atoms with Crippen molar-refractivity contribution in [2.24, 2.45) is 0 Å². The third kappa shape index (κ3) is 4.06. The molecule has 0 bridgehead atoms. The molecular weight excluding hydrogens is 240 g/mol. The fourth-order valence-corrected chi connectivity index (χ4v) is 2.03. The van der Waals surface area contributed by atoms with E-state index in [1.54, 1.807) is 19.0 Å². The quantitative estimate of drug-likeness (QED) is 0.784. The van der Waals surface area contributed by atoms with Crippen LogP contribution in [0.25, 0.3) is 0 Å². The van der Waals surface area contributed by atoms with Gasteiger partial charge in [0.05, 0.1) is 11.7 Å². The predicted octanol–water partition coefficient (Wildman–Crippen LogP) is 1.51. The zero-order valence-corrected chi connectivity index (χ0v) is 13.0. The van der Waals surface area contributed by atoms with Gasteiger partial charge in [0.15, 0.2) is 0 Å². The highest BCUT2D eigenvalue weighted by molar-refractivity contribution is 5.80. The minimum absolute atomic E-state index is 0.121. The molecule has 0 aliphatic heterocycles. The molecule has 0 N–H and O–H groups in total. The molecule has 1 amide bonds. The van der Waals surface area contributed by atoms with Crippen molar-refractivity contribution < 1.29 is 4.79 Å². The minimum atomic E-state index is -0.121. The van der Waals surface area contributed by atoms with Gasteiger partial charge in [0, 0.05) is 38.9 Å². The molecule has 1 aromatic heterocycles.